The number of Topliss-reactive ketones (excluding diaryl/α,β-unsaturated/α-hetero) is 1. The Labute approximate surface area is 80.3 Å². The Hall–Kier alpha value is 0.0200. The van der Waals surface area contributed by atoms with Gasteiger partial charge in [-0.15, -0.1) is 0 Å². The number of hydrogen-bond donors (Lipinski definition) is 0. The summed E-state index contributed by atoms with van der Waals surface area (Å²) in [6.07, 6.45) is 3.90. The molecule has 72 valence electrons. The number of carbonyl (C=O) groups is 1. The fourth-order valence-electron chi connectivity index (χ4n) is 1.11. The molecule has 1 nitrogen and oxygen atoms in total. The quantitative estimate of drug-likeness (QED) is 0.610. The molecule has 0 radical (unpaired) electrons. The van der Waals surface area contributed by atoms with Crippen molar-refractivity contribution in [3.8, 4) is 0 Å². The molecule has 1 unspecified atom stereocenters. The first kappa shape index (κ1) is 12.0. The maximum absolute atomic E-state index is 11.5. The topological polar surface area (TPSA) is 17.1 Å². The largest absolute Gasteiger partial charge is 0.298 e. The van der Waals surface area contributed by atoms with Crippen LogP contribution in [0.3, 0.4) is 0 Å². The molecule has 0 spiro atoms. The lowest BCUT2D eigenvalue weighted by Crippen LogP contribution is -2.16. The smallest absolute Gasteiger partial charge is 0.145 e. The third-order valence-corrected chi connectivity index (χ3v) is 3.39. The van der Waals surface area contributed by atoms with Gasteiger partial charge in [-0.1, -0.05) is 20.8 Å². The van der Waals surface area contributed by atoms with Crippen LogP contribution in [-0.2, 0) is 4.79 Å². The van der Waals surface area contributed by atoms with Crippen molar-refractivity contribution in [1.82, 2.24) is 0 Å². The molecule has 0 N–H and O–H groups in total. The van der Waals surface area contributed by atoms with Gasteiger partial charge in [-0.3, -0.25) is 4.79 Å². The zero-order valence-corrected chi connectivity index (χ0v) is 9.25. The van der Waals surface area contributed by atoms with Crippen molar-refractivity contribution in [2.75, 3.05) is 5.75 Å². The number of carbonyl (C=O) groups excluding carboxylic acids is 1. The minimum absolute atomic E-state index is 0.268. The highest BCUT2D eigenvalue weighted by atomic mass is 32.2. The van der Waals surface area contributed by atoms with E-state index in [1.807, 2.05) is 11.8 Å². The van der Waals surface area contributed by atoms with E-state index in [1.54, 1.807) is 0 Å². The Bertz CT molecular complexity index is 123. The Kier molecular flexibility index (Phi) is 7.67. The van der Waals surface area contributed by atoms with Gasteiger partial charge in [0.05, 0.1) is 5.25 Å². The Balaban J connectivity index is 3.71. The van der Waals surface area contributed by atoms with E-state index < -0.39 is 0 Å². The third-order valence-electron chi connectivity index (χ3n) is 1.75. The second-order valence-corrected chi connectivity index (χ2v) is 4.29. The molecule has 0 aromatic heterocycles. The number of thioether (sulfide) groups is 1. The average molecular weight is 188 g/mol. The van der Waals surface area contributed by atoms with Crippen LogP contribution in [0, 0.1) is 0 Å². The minimum Gasteiger partial charge on any atom is -0.298 e. The van der Waals surface area contributed by atoms with Gasteiger partial charge < -0.3 is 0 Å². The highest BCUT2D eigenvalue weighted by Crippen LogP contribution is 2.18. The predicted octanol–water partition coefficient (Wildman–Crippen LogP) is 3.28. The fourth-order valence-corrected chi connectivity index (χ4v) is 2.17. The number of ketones is 1. The highest BCUT2D eigenvalue weighted by molar-refractivity contribution is 8.00. The van der Waals surface area contributed by atoms with Crippen LogP contribution in [0.5, 0.6) is 0 Å². The van der Waals surface area contributed by atoms with E-state index in [9.17, 15) is 4.79 Å². The second-order valence-electron chi connectivity index (χ2n) is 2.98. The Morgan fingerprint density at radius 2 is 1.92 bits per heavy atom. The average Bonchev–Trinajstić information content (AvgIpc) is 2.06. The molecular formula is C10H20OS. The molecule has 0 aliphatic heterocycles. The van der Waals surface area contributed by atoms with E-state index in [0.29, 0.717) is 5.78 Å². The molecule has 0 aliphatic carbocycles. The molecule has 2 heteroatoms. The summed E-state index contributed by atoms with van der Waals surface area (Å²) < 4.78 is 0. The van der Waals surface area contributed by atoms with E-state index in [0.717, 1.165) is 25.0 Å². The first-order valence-electron chi connectivity index (χ1n) is 4.90. The Morgan fingerprint density at radius 3 is 2.33 bits per heavy atom. The summed E-state index contributed by atoms with van der Waals surface area (Å²) in [5.41, 5.74) is 0. The van der Waals surface area contributed by atoms with Crippen LogP contribution in [0.25, 0.3) is 0 Å². The van der Waals surface area contributed by atoms with Gasteiger partial charge in [0.25, 0.3) is 0 Å². The summed E-state index contributed by atoms with van der Waals surface area (Å²) in [6.45, 7) is 6.32. The van der Waals surface area contributed by atoms with Crippen molar-refractivity contribution in [2.24, 2.45) is 0 Å². The van der Waals surface area contributed by atoms with Crippen molar-refractivity contribution in [3.63, 3.8) is 0 Å². The molecule has 12 heavy (non-hydrogen) atoms. The van der Waals surface area contributed by atoms with Gasteiger partial charge >= 0.3 is 0 Å². The molecule has 0 aromatic carbocycles. The fraction of sp³-hybridized carbons (Fsp3) is 0.900. The first-order valence-corrected chi connectivity index (χ1v) is 5.95. The summed E-state index contributed by atoms with van der Waals surface area (Å²) in [5, 5.41) is 0.268. The lowest BCUT2D eigenvalue weighted by atomic mass is 10.1. The van der Waals surface area contributed by atoms with Crippen LogP contribution in [0.2, 0.25) is 0 Å². The molecule has 0 heterocycles. The standard InChI is InChI=1S/C10H20OS/c1-4-7-9(11)10(6-3)12-8-5-2/h10H,4-8H2,1-3H3. The molecule has 1 atom stereocenters. The van der Waals surface area contributed by atoms with E-state index >= 15 is 0 Å². The molecule has 0 bridgehead atoms. The van der Waals surface area contributed by atoms with Crippen LogP contribution >= 0.6 is 11.8 Å². The molecule has 0 fully saturated rings. The van der Waals surface area contributed by atoms with Crippen molar-refractivity contribution < 1.29 is 4.79 Å². The van der Waals surface area contributed by atoms with Gasteiger partial charge in [0.15, 0.2) is 0 Å². The maximum atomic E-state index is 11.5. The van der Waals surface area contributed by atoms with Crippen LogP contribution in [-0.4, -0.2) is 16.8 Å². The van der Waals surface area contributed by atoms with E-state index in [-0.39, 0.29) is 5.25 Å². The Morgan fingerprint density at radius 1 is 1.25 bits per heavy atom. The highest BCUT2D eigenvalue weighted by Gasteiger charge is 2.14. The van der Waals surface area contributed by atoms with Crippen LogP contribution in [0.1, 0.15) is 46.5 Å². The molecular weight excluding hydrogens is 168 g/mol. The normalized spacial score (nSPS) is 12.9. The number of rotatable bonds is 7. The van der Waals surface area contributed by atoms with Crippen LogP contribution in [0.4, 0.5) is 0 Å². The monoisotopic (exact) mass is 188 g/mol. The van der Waals surface area contributed by atoms with E-state index in [1.165, 1.54) is 6.42 Å². The zero-order chi connectivity index (χ0) is 9.40. The molecule has 0 amide bonds. The maximum Gasteiger partial charge on any atom is 0.145 e. The van der Waals surface area contributed by atoms with Crippen molar-refractivity contribution in [2.45, 2.75) is 51.7 Å². The summed E-state index contributed by atoms with van der Waals surface area (Å²) in [4.78, 5) is 11.5. The van der Waals surface area contributed by atoms with Gasteiger partial charge in [-0.25, -0.2) is 0 Å². The molecule has 0 saturated heterocycles. The zero-order valence-electron chi connectivity index (χ0n) is 8.43. The summed E-state index contributed by atoms with van der Waals surface area (Å²) in [6, 6.07) is 0. The van der Waals surface area contributed by atoms with Crippen molar-refractivity contribution in [3.05, 3.63) is 0 Å². The van der Waals surface area contributed by atoms with E-state index in [4.69, 9.17) is 0 Å². The number of hydrogen-bond acceptors (Lipinski definition) is 2. The predicted molar refractivity (Wildman–Crippen MR) is 56.7 cm³/mol. The van der Waals surface area contributed by atoms with Gasteiger partial charge in [0.2, 0.25) is 0 Å². The van der Waals surface area contributed by atoms with Gasteiger partial charge in [0.1, 0.15) is 5.78 Å². The van der Waals surface area contributed by atoms with Crippen LogP contribution in [0.15, 0.2) is 0 Å². The van der Waals surface area contributed by atoms with Crippen LogP contribution < -0.4 is 0 Å². The van der Waals surface area contributed by atoms with E-state index in [2.05, 4.69) is 20.8 Å². The SMILES string of the molecule is CCCSC(CC)C(=O)CCC. The summed E-state index contributed by atoms with van der Waals surface area (Å²) in [5.74, 6) is 1.56. The minimum atomic E-state index is 0.268. The molecule has 0 rings (SSSR count). The lowest BCUT2D eigenvalue weighted by Gasteiger charge is -2.11. The van der Waals surface area contributed by atoms with Crippen molar-refractivity contribution in [1.29, 1.82) is 0 Å². The first-order chi connectivity index (χ1) is 5.76. The van der Waals surface area contributed by atoms with Crippen molar-refractivity contribution >= 4 is 17.5 Å². The van der Waals surface area contributed by atoms with Gasteiger partial charge in [-0.05, 0) is 25.0 Å². The second kappa shape index (κ2) is 7.66. The summed E-state index contributed by atoms with van der Waals surface area (Å²) in [7, 11) is 0. The third kappa shape index (κ3) is 4.81. The molecule has 0 aromatic rings. The molecule has 0 aliphatic rings. The lowest BCUT2D eigenvalue weighted by molar-refractivity contribution is -0.118. The molecule has 0 saturated carbocycles. The van der Waals surface area contributed by atoms with Gasteiger partial charge in [0, 0.05) is 6.42 Å². The summed E-state index contributed by atoms with van der Waals surface area (Å²) >= 11 is 1.82. The van der Waals surface area contributed by atoms with Gasteiger partial charge in [-0.2, -0.15) is 11.8 Å².